The molecule has 0 aromatic heterocycles. The fourth-order valence-corrected chi connectivity index (χ4v) is 3.83. The summed E-state index contributed by atoms with van der Waals surface area (Å²) in [5.74, 6) is -0.0350. The first-order valence-corrected chi connectivity index (χ1v) is 9.92. The zero-order valence-electron chi connectivity index (χ0n) is 15.4. The number of aliphatic imine (C=N–C) groups is 1. The van der Waals surface area contributed by atoms with Crippen LogP contribution in [0.4, 0.5) is 4.39 Å². The van der Waals surface area contributed by atoms with Crippen molar-refractivity contribution < 1.29 is 9.50 Å². The second-order valence-electron chi connectivity index (χ2n) is 7.02. The van der Waals surface area contributed by atoms with Crippen LogP contribution >= 0.6 is 15.9 Å². The van der Waals surface area contributed by atoms with Gasteiger partial charge in [-0.3, -0.25) is 10.3 Å². The number of phenols is 1. The number of aromatic hydroxyl groups is 1. The predicted octanol–water partition coefficient (Wildman–Crippen LogP) is 5.82. The Hall–Kier alpha value is -2.50. The SMILES string of the molecule is Cc1ccc(C2=N[C@@H](c3ccc(F)cc3)N[C@@H](c3cc(Br)ccc3O)C2)cc1. The Morgan fingerprint density at radius 2 is 1.75 bits per heavy atom. The lowest BCUT2D eigenvalue weighted by Gasteiger charge is -2.31. The van der Waals surface area contributed by atoms with Gasteiger partial charge in [0.05, 0.1) is 0 Å². The van der Waals surface area contributed by atoms with E-state index in [2.05, 4.69) is 52.4 Å². The number of phenolic OH excluding ortho intramolecular Hbond substituents is 1. The smallest absolute Gasteiger partial charge is 0.126 e. The van der Waals surface area contributed by atoms with Gasteiger partial charge in [-0.15, -0.1) is 0 Å². The van der Waals surface area contributed by atoms with E-state index in [1.54, 1.807) is 18.2 Å². The van der Waals surface area contributed by atoms with Crippen LogP contribution in [0, 0.1) is 12.7 Å². The van der Waals surface area contributed by atoms with E-state index in [1.807, 2.05) is 12.1 Å². The minimum Gasteiger partial charge on any atom is -0.508 e. The van der Waals surface area contributed by atoms with E-state index in [4.69, 9.17) is 4.99 Å². The van der Waals surface area contributed by atoms with Crippen LogP contribution in [-0.2, 0) is 0 Å². The van der Waals surface area contributed by atoms with Crippen molar-refractivity contribution in [1.82, 2.24) is 5.32 Å². The standard InChI is InChI=1S/C23H20BrFN2O/c1-14-2-4-15(5-3-14)20-13-21(19-12-17(24)8-11-22(19)28)27-23(26-20)16-6-9-18(25)10-7-16/h2-12,21,23,27-28H,13H2,1H3/t21-,23-/m1/s1. The number of hydrogen-bond donors (Lipinski definition) is 2. The summed E-state index contributed by atoms with van der Waals surface area (Å²) in [5, 5.41) is 13.9. The molecule has 0 bridgehead atoms. The van der Waals surface area contributed by atoms with E-state index in [0.29, 0.717) is 6.42 Å². The first kappa shape index (κ1) is 18.8. The monoisotopic (exact) mass is 438 g/mol. The first-order valence-electron chi connectivity index (χ1n) is 9.13. The molecule has 1 aliphatic heterocycles. The Balaban J connectivity index is 1.76. The number of halogens is 2. The second kappa shape index (κ2) is 7.86. The highest BCUT2D eigenvalue weighted by Gasteiger charge is 2.27. The quantitative estimate of drug-likeness (QED) is 0.540. The number of rotatable bonds is 3. The minimum absolute atomic E-state index is 0.124. The van der Waals surface area contributed by atoms with Crippen LogP contribution in [0.2, 0.25) is 0 Å². The molecule has 28 heavy (non-hydrogen) atoms. The molecule has 142 valence electrons. The van der Waals surface area contributed by atoms with Crippen molar-refractivity contribution >= 4 is 21.6 Å². The molecule has 0 saturated carbocycles. The fraction of sp³-hybridized carbons (Fsp3) is 0.174. The third-order valence-electron chi connectivity index (χ3n) is 4.98. The van der Waals surface area contributed by atoms with Gasteiger partial charge in [-0.1, -0.05) is 57.9 Å². The molecule has 0 aliphatic carbocycles. The van der Waals surface area contributed by atoms with Gasteiger partial charge in [0.25, 0.3) is 0 Å². The summed E-state index contributed by atoms with van der Waals surface area (Å²) >= 11 is 3.49. The molecule has 1 heterocycles. The first-order chi connectivity index (χ1) is 13.5. The second-order valence-corrected chi connectivity index (χ2v) is 7.94. The van der Waals surface area contributed by atoms with Crippen molar-refractivity contribution in [3.8, 4) is 5.75 Å². The van der Waals surface area contributed by atoms with E-state index in [1.165, 1.54) is 17.7 Å². The molecule has 0 unspecified atom stereocenters. The molecular weight excluding hydrogens is 419 g/mol. The van der Waals surface area contributed by atoms with E-state index >= 15 is 0 Å². The van der Waals surface area contributed by atoms with Gasteiger partial charge in [-0.05, 0) is 48.4 Å². The predicted molar refractivity (Wildman–Crippen MR) is 113 cm³/mol. The van der Waals surface area contributed by atoms with Crippen LogP contribution in [-0.4, -0.2) is 10.8 Å². The number of nitrogens with zero attached hydrogens (tertiary/aromatic N) is 1. The Morgan fingerprint density at radius 1 is 1.04 bits per heavy atom. The average molecular weight is 439 g/mol. The molecule has 0 amide bonds. The summed E-state index contributed by atoms with van der Waals surface area (Å²) in [4.78, 5) is 4.90. The molecule has 2 N–H and O–H groups in total. The highest BCUT2D eigenvalue weighted by Crippen LogP contribution is 2.35. The summed E-state index contributed by atoms with van der Waals surface area (Å²) in [6.45, 7) is 2.05. The Labute approximate surface area is 172 Å². The Bertz CT molecular complexity index is 1020. The fourth-order valence-electron chi connectivity index (χ4n) is 3.45. The summed E-state index contributed by atoms with van der Waals surface area (Å²) in [5.41, 5.74) is 4.89. The summed E-state index contributed by atoms with van der Waals surface area (Å²) < 4.78 is 14.3. The van der Waals surface area contributed by atoms with Crippen molar-refractivity contribution in [3.05, 3.63) is 99.3 Å². The van der Waals surface area contributed by atoms with Crippen LogP contribution < -0.4 is 5.32 Å². The summed E-state index contributed by atoms with van der Waals surface area (Å²) in [6.07, 6.45) is 0.319. The van der Waals surface area contributed by atoms with E-state index in [9.17, 15) is 9.50 Å². The van der Waals surface area contributed by atoms with Gasteiger partial charge in [0.1, 0.15) is 17.7 Å². The van der Waals surface area contributed by atoms with Crippen LogP contribution in [0.5, 0.6) is 5.75 Å². The maximum Gasteiger partial charge on any atom is 0.126 e. The molecule has 3 nitrogen and oxygen atoms in total. The zero-order chi connectivity index (χ0) is 19.7. The third kappa shape index (κ3) is 4.01. The van der Waals surface area contributed by atoms with Gasteiger partial charge >= 0.3 is 0 Å². The van der Waals surface area contributed by atoms with Gasteiger partial charge in [-0.2, -0.15) is 0 Å². The molecule has 0 radical (unpaired) electrons. The van der Waals surface area contributed by atoms with Crippen molar-refractivity contribution in [3.63, 3.8) is 0 Å². The maximum atomic E-state index is 13.4. The number of aryl methyl sites for hydroxylation is 1. The van der Waals surface area contributed by atoms with Gasteiger partial charge in [-0.25, -0.2) is 4.39 Å². The van der Waals surface area contributed by atoms with Crippen LogP contribution in [0.15, 0.2) is 76.2 Å². The number of hydrogen-bond acceptors (Lipinski definition) is 3. The molecule has 5 heteroatoms. The van der Waals surface area contributed by atoms with E-state index < -0.39 is 0 Å². The van der Waals surface area contributed by atoms with Crippen molar-refractivity contribution in [1.29, 1.82) is 0 Å². The molecule has 3 aromatic rings. The third-order valence-corrected chi connectivity index (χ3v) is 5.47. The number of benzene rings is 3. The van der Waals surface area contributed by atoms with Crippen LogP contribution in [0.1, 0.15) is 40.9 Å². The lowest BCUT2D eigenvalue weighted by molar-refractivity contribution is 0.412. The van der Waals surface area contributed by atoms with Gasteiger partial charge in [0, 0.05) is 28.2 Å². The van der Waals surface area contributed by atoms with Crippen LogP contribution in [0.25, 0.3) is 0 Å². The average Bonchev–Trinajstić information content (AvgIpc) is 2.70. The molecule has 0 saturated heterocycles. The molecular formula is C23H20BrFN2O. The Kier molecular flexibility index (Phi) is 5.29. The van der Waals surface area contributed by atoms with E-state index in [0.717, 1.165) is 26.9 Å². The summed E-state index contributed by atoms with van der Waals surface area (Å²) in [6, 6.07) is 19.9. The van der Waals surface area contributed by atoms with Crippen molar-refractivity contribution in [2.45, 2.75) is 25.6 Å². The normalized spacial score (nSPS) is 19.3. The molecule has 1 aliphatic rings. The van der Waals surface area contributed by atoms with Gasteiger partial charge in [0.15, 0.2) is 0 Å². The largest absolute Gasteiger partial charge is 0.508 e. The Morgan fingerprint density at radius 3 is 2.46 bits per heavy atom. The lowest BCUT2D eigenvalue weighted by atomic mass is 9.93. The van der Waals surface area contributed by atoms with E-state index in [-0.39, 0.29) is 23.8 Å². The molecule has 0 spiro atoms. The van der Waals surface area contributed by atoms with Gasteiger partial charge < -0.3 is 5.11 Å². The van der Waals surface area contributed by atoms with Gasteiger partial charge in [0.2, 0.25) is 0 Å². The molecule has 3 aromatic carbocycles. The highest BCUT2D eigenvalue weighted by molar-refractivity contribution is 9.10. The maximum absolute atomic E-state index is 13.4. The zero-order valence-corrected chi connectivity index (χ0v) is 16.9. The summed E-state index contributed by atoms with van der Waals surface area (Å²) in [7, 11) is 0. The lowest BCUT2D eigenvalue weighted by Crippen LogP contribution is -2.33. The van der Waals surface area contributed by atoms with Crippen LogP contribution in [0.3, 0.4) is 0 Å². The topological polar surface area (TPSA) is 44.6 Å². The highest BCUT2D eigenvalue weighted by atomic mass is 79.9. The van der Waals surface area contributed by atoms with Crippen molar-refractivity contribution in [2.24, 2.45) is 4.99 Å². The van der Waals surface area contributed by atoms with Crippen molar-refractivity contribution in [2.75, 3.05) is 0 Å². The molecule has 0 fully saturated rings. The minimum atomic E-state index is -0.325. The number of nitrogens with one attached hydrogen (secondary N) is 1. The molecule has 2 atom stereocenters. The molecule has 4 rings (SSSR count).